The van der Waals surface area contributed by atoms with Gasteiger partial charge in [0.05, 0.1) is 5.56 Å². The van der Waals surface area contributed by atoms with Gasteiger partial charge in [-0.2, -0.15) is 0 Å². The molecule has 0 aromatic heterocycles. The predicted octanol–water partition coefficient (Wildman–Crippen LogP) is 3.00. The number of nitrogens with one attached hydrogen (secondary N) is 2. The summed E-state index contributed by atoms with van der Waals surface area (Å²) in [6.45, 7) is 0. The van der Waals surface area contributed by atoms with Crippen LogP contribution in [0.2, 0.25) is 0 Å². The number of carbonyl (C=O) groups excluding carboxylic acids is 1. The molecule has 2 fully saturated rings. The Kier molecular flexibility index (Phi) is 5.43. The second kappa shape index (κ2) is 6.75. The smallest absolute Gasteiger partial charge is 0.252 e. The summed E-state index contributed by atoms with van der Waals surface area (Å²) >= 11 is 1.85. The summed E-state index contributed by atoms with van der Waals surface area (Å²) in [4.78, 5) is 12.2. The number of halogens is 4. The average molecular weight is 429 g/mol. The topological polar surface area (TPSA) is 41.1 Å². The Morgan fingerprint density at radius 3 is 2.38 bits per heavy atom. The highest BCUT2D eigenvalue weighted by atomic mass is 127. The fraction of sp³-hybridized carbons (Fsp3) is 0.500. The van der Waals surface area contributed by atoms with Crippen molar-refractivity contribution in [3.05, 3.63) is 32.9 Å². The molecule has 2 saturated heterocycles. The Balaban J connectivity index is 0.00000161. The number of carbonyl (C=O) groups is 1. The second-order valence-electron chi connectivity index (χ2n) is 5.53. The van der Waals surface area contributed by atoms with Gasteiger partial charge in [0.25, 0.3) is 5.91 Å². The highest BCUT2D eigenvalue weighted by Crippen LogP contribution is 2.27. The fourth-order valence-corrected chi connectivity index (χ4v) is 3.81. The summed E-state index contributed by atoms with van der Waals surface area (Å²) in [7, 11) is 0. The Morgan fingerprint density at radius 2 is 1.76 bits per heavy atom. The van der Waals surface area contributed by atoms with E-state index in [9.17, 15) is 13.6 Å². The molecule has 2 aliphatic heterocycles. The molecule has 3 rings (SSSR count). The average Bonchev–Trinajstić information content (AvgIpc) is 2.73. The summed E-state index contributed by atoms with van der Waals surface area (Å²) in [6.07, 6.45) is 4.12. The van der Waals surface area contributed by atoms with Crippen LogP contribution in [0.3, 0.4) is 0 Å². The standard InChI is InChI=1S/C14H15F2IN2O.ClH/c15-11-5-10(13(17)6-12(11)16)14(20)19-9-3-7-1-2-8(4-9)18-7;/h5-9,18H,1-4H2,(H,19,20);1H. The van der Waals surface area contributed by atoms with Gasteiger partial charge in [0, 0.05) is 21.7 Å². The van der Waals surface area contributed by atoms with Gasteiger partial charge < -0.3 is 10.6 Å². The Hall–Kier alpha value is -0.470. The lowest BCUT2D eigenvalue weighted by molar-refractivity contribution is 0.0922. The summed E-state index contributed by atoms with van der Waals surface area (Å²) in [5.41, 5.74) is 0.204. The molecule has 7 heteroatoms. The van der Waals surface area contributed by atoms with E-state index >= 15 is 0 Å². The van der Waals surface area contributed by atoms with E-state index in [-0.39, 0.29) is 29.9 Å². The van der Waals surface area contributed by atoms with Crippen LogP contribution < -0.4 is 10.6 Å². The van der Waals surface area contributed by atoms with Crippen LogP contribution in [0.5, 0.6) is 0 Å². The summed E-state index contributed by atoms with van der Waals surface area (Å²) in [6, 6.07) is 3.09. The van der Waals surface area contributed by atoms with Crippen LogP contribution in [0.1, 0.15) is 36.0 Å². The molecule has 2 aliphatic rings. The van der Waals surface area contributed by atoms with Gasteiger partial charge in [-0.25, -0.2) is 8.78 Å². The zero-order chi connectivity index (χ0) is 14.3. The van der Waals surface area contributed by atoms with Gasteiger partial charge in [-0.15, -0.1) is 12.4 Å². The van der Waals surface area contributed by atoms with Crippen LogP contribution in [0.4, 0.5) is 8.78 Å². The van der Waals surface area contributed by atoms with Crippen molar-refractivity contribution < 1.29 is 13.6 Å². The largest absolute Gasteiger partial charge is 0.349 e. The second-order valence-corrected chi connectivity index (χ2v) is 6.69. The van der Waals surface area contributed by atoms with Gasteiger partial charge >= 0.3 is 0 Å². The van der Waals surface area contributed by atoms with E-state index in [1.807, 2.05) is 22.6 Å². The van der Waals surface area contributed by atoms with Crippen LogP contribution in [-0.2, 0) is 0 Å². The zero-order valence-corrected chi connectivity index (χ0v) is 14.1. The van der Waals surface area contributed by atoms with Gasteiger partial charge in [-0.05, 0) is 60.4 Å². The van der Waals surface area contributed by atoms with E-state index in [2.05, 4.69) is 10.6 Å². The van der Waals surface area contributed by atoms with E-state index in [0.29, 0.717) is 15.7 Å². The number of piperidine rings is 1. The minimum absolute atomic E-state index is 0. The Labute approximate surface area is 141 Å². The quantitative estimate of drug-likeness (QED) is 0.562. The van der Waals surface area contributed by atoms with Crippen LogP contribution in [-0.4, -0.2) is 24.0 Å². The van der Waals surface area contributed by atoms with Gasteiger partial charge in [0.1, 0.15) is 0 Å². The number of benzene rings is 1. The lowest BCUT2D eigenvalue weighted by atomic mass is 9.99. The highest BCUT2D eigenvalue weighted by Gasteiger charge is 2.34. The van der Waals surface area contributed by atoms with Gasteiger partial charge in [0.15, 0.2) is 11.6 Å². The molecule has 1 amide bonds. The summed E-state index contributed by atoms with van der Waals surface area (Å²) in [5.74, 6) is -2.23. The third-order valence-corrected chi connectivity index (χ3v) is 4.96. The number of rotatable bonds is 2. The molecule has 2 heterocycles. The summed E-state index contributed by atoms with van der Waals surface area (Å²) < 4.78 is 26.8. The first-order valence-corrected chi connectivity index (χ1v) is 7.82. The molecular formula is C14H16ClF2IN2O. The summed E-state index contributed by atoms with van der Waals surface area (Å²) in [5, 5.41) is 6.45. The number of fused-ring (bicyclic) bond motifs is 2. The minimum Gasteiger partial charge on any atom is -0.349 e. The molecule has 0 saturated carbocycles. The van der Waals surface area contributed by atoms with Crippen LogP contribution in [0.15, 0.2) is 12.1 Å². The van der Waals surface area contributed by atoms with Crippen molar-refractivity contribution in [2.75, 3.05) is 0 Å². The number of hydrogen-bond acceptors (Lipinski definition) is 2. The lowest BCUT2D eigenvalue weighted by Crippen LogP contribution is -2.48. The normalized spacial score (nSPS) is 27.1. The van der Waals surface area contributed by atoms with E-state index in [4.69, 9.17) is 0 Å². The van der Waals surface area contributed by atoms with E-state index < -0.39 is 11.6 Å². The molecule has 2 unspecified atom stereocenters. The van der Waals surface area contributed by atoms with Crippen molar-refractivity contribution in [3.8, 4) is 0 Å². The van der Waals surface area contributed by atoms with E-state index in [1.54, 1.807) is 0 Å². The number of amides is 1. The van der Waals surface area contributed by atoms with E-state index in [1.165, 1.54) is 0 Å². The first-order chi connectivity index (χ1) is 9.52. The molecule has 0 aliphatic carbocycles. The molecule has 0 spiro atoms. The lowest BCUT2D eigenvalue weighted by Gasteiger charge is -2.29. The molecule has 2 atom stereocenters. The molecule has 2 bridgehead atoms. The van der Waals surface area contributed by atoms with Crippen LogP contribution in [0, 0.1) is 15.2 Å². The maximum atomic E-state index is 13.3. The molecular weight excluding hydrogens is 413 g/mol. The minimum atomic E-state index is -0.985. The molecule has 0 radical (unpaired) electrons. The molecule has 3 nitrogen and oxygen atoms in total. The van der Waals surface area contributed by atoms with Crippen molar-refractivity contribution in [3.63, 3.8) is 0 Å². The van der Waals surface area contributed by atoms with E-state index in [0.717, 1.165) is 37.8 Å². The Morgan fingerprint density at radius 1 is 1.19 bits per heavy atom. The third kappa shape index (κ3) is 3.65. The fourth-order valence-electron chi connectivity index (χ4n) is 3.13. The monoisotopic (exact) mass is 428 g/mol. The van der Waals surface area contributed by atoms with Crippen molar-refractivity contribution >= 4 is 40.9 Å². The predicted molar refractivity (Wildman–Crippen MR) is 86.8 cm³/mol. The SMILES string of the molecule is Cl.O=C(NC1CC2CCC(C1)N2)c1cc(F)c(F)cc1I. The van der Waals surface area contributed by atoms with Crippen LogP contribution >= 0.6 is 35.0 Å². The maximum absolute atomic E-state index is 13.3. The third-order valence-electron chi connectivity index (χ3n) is 4.06. The molecule has 2 N–H and O–H groups in total. The van der Waals surface area contributed by atoms with Crippen molar-refractivity contribution in [2.24, 2.45) is 0 Å². The van der Waals surface area contributed by atoms with Crippen molar-refractivity contribution in [1.29, 1.82) is 0 Å². The van der Waals surface area contributed by atoms with Crippen LogP contribution in [0.25, 0.3) is 0 Å². The molecule has 1 aromatic rings. The highest BCUT2D eigenvalue weighted by molar-refractivity contribution is 14.1. The van der Waals surface area contributed by atoms with Gasteiger partial charge in [0.2, 0.25) is 0 Å². The van der Waals surface area contributed by atoms with Crippen molar-refractivity contribution in [1.82, 2.24) is 10.6 Å². The Bertz CT molecular complexity index is 546. The zero-order valence-electron chi connectivity index (χ0n) is 11.2. The maximum Gasteiger partial charge on any atom is 0.252 e. The number of hydrogen-bond donors (Lipinski definition) is 2. The van der Waals surface area contributed by atoms with Gasteiger partial charge in [-0.1, -0.05) is 0 Å². The van der Waals surface area contributed by atoms with Crippen molar-refractivity contribution in [2.45, 2.75) is 43.8 Å². The molecule has 21 heavy (non-hydrogen) atoms. The van der Waals surface area contributed by atoms with Gasteiger partial charge in [-0.3, -0.25) is 4.79 Å². The molecule has 116 valence electrons. The first kappa shape index (κ1) is 16.9. The first-order valence-electron chi connectivity index (χ1n) is 6.74. The molecule has 1 aromatic carbocycles.